The van der Waals surface area contributed by atoms with E-state index in [1.807, 2.05) is 35.2 Å². The minimum absolute atomic E-state index is 0.0314. The standard InChI is InChI=1S/C37H34FN5O6/c1-41(17-14-22-9-6-7-16-39-22)37(46)26-21-43-28-11-4-5-12-29(28)49-35-31(43)25(33(26)44)19-27(38)32(35)42-18-15-23(20-42)40-36(45)24-10-8-13-30(47-2)34(24)48-3/h4-13,16,19,21,23H,14-15,17-18,20H2,1-3H3,(H,40,45). The normalized spacial score (nSPS) is 14.6. The highest BCUT2D eigenvalue weighted by molar-refractivity contribution is 6.01. The van der Waals surface area contributed by atoms with Crippen LogP contribution in [0.4, 0.5) is 10.1 Å². The van der Waals surface area contributed by atoms with Crippen molar-refractivity contribution in [2.45, 2.75) is 18.9 Å². The number of nitrogens with zero attached hydrogens (tertiary/aromatic N) is 4. The lowest BCUT2D eigenvalue weighted by Gasteiger charge is -2.29. The summed E-state index contributed by atoms with van der Waals surface area (Å²) in [6.07, 6.45) is 4.26. The van der Waals surface area contributed by atoms with Crippen LogP contribution in [0.25, 0.3) is 16.6 Å². The number of hydrogen-bond donors (Lipinski definition) is 1. The molecule has 1 atom stereocenters. The zero-order valence-corrected chi connectivity index (χ0v) is 27.2. The van der Waals surface area contributed by atoms with E-state index in [0.717, 1.165) is 5.69 Å². The minimum Gasteiger partial charge on any atom is -0.493 e. The molecule has 3 aromatic carbocycles. The predicted molar refractivity (Wildman–Crippen MR) is 182 cm³/mol. The fraction of sp³-hybridized carbons (Fsp3) is 0.243. The Morgan fingerprint density at radius 1 is 1.06 bits per heavy atom. The summed E-state index contributed by atoms with van der Waals surface area (Å²) >= 11 is 0. The van der Waals surface area contributed by atoms with Crippen LogP contribution in [-0.2, 0) is 6.42 Å². The molecule has 2 aromatic heterocycles. The molecule has 5 aromatic rings. The lowest BCUT2D eigenvalue weighted by molar-refractivity contribution is 0.0794. The third-order valence-corrected chi connectivity index (χ3v) is 9.00. The number of aromatic nitrogens is 2. The number of likely N-dealkylation sites (N-methyl/N-ethyl adjacent to an activating group) is 1. The SMILES string of the molecule is COc1cccc(C(=O)NC2CCN(c3c(F)cc4c(=O)c(C(=O)N(C)CCc5ccccn5)cn5c4c3Oc3ccccc3-5)C2)c1OC. The molecule has 0 radical (unpaired) electrons. The third-order valence-electron chi connectivity index (χ3n) is 9.00. The minimum atomic E-state index is -0.667. The molecule has 0 spiro atoms. The van der Waals surface area contributed by atoms with Gasteiger partial charge in [0.1, 0.15) is 16.8 Å². The Balaban J connectivity index is 1.22. The zero-order chi connectivity index (χ0) is 34.2. The van der Waals surface area contributed by atoms with Gasteiger partial charge in [0.25, 0.3) is 11.8 Å². The molecule has 7 rings (SSSR count). The van der Waals surface area contributed by atoms with Gasteiger partial charge in [-0.2, -0.15) is 0 Å². The molecule has 0 saturated carbocycles. The van der Waals surface area contributed by atoms with Crippen molar-refractivity contribution in [1.82, 2.24) is 19.8 Å². The molecule has 0 aliphatic carbocycles. The van der Waals surface area contributed by atoms with Gasteiger partial charge in [-0.05, 0) is 48.9 Å². The van der Waals surface area contributed by atoms with Crippen molar-refractivity contribution >= 4 is 28.4 Å². The Bertz CT molecular complexity index is 2150. The first kappa shape index (κ1) is 31.7. The van der Waals surface area contributed by atoms with Gasteiger partial charge in [0, 0.05) is 57.2 Å². The van der Waals surface area contributed by atoms with Crippen molar-refractivity contribution in [3.8, 4) is 28.7 Å². The van der Waals surface area contributed by atoms with Gasteiger partial charge in [0.2, 0.25) is 5.43 Å². The molecule has 1 fully saturated rings. The van der Waals surface area contributed by atoms with Crippen LogP contribution in [0.2, 0.25) is 0 Å². The van der Waals surface area contributed by atoms with E-state index in [2.05, 4.69) is 10.3 Å². The smallest absolute Gasteiger partial charge is 0.259 e. The number of benzene rings is 3. The van der Waals surface area contributed by atoms with E-state index in [-0.39, 0.29) is 34.3 Å². The number of amides is 2. The van der Waals surface area contributed by atoms with E-state index in [1.165, 1.54) is 31.4 Å². The van der Waals surface area contributed by atoms with E-state index >= 15 is 4.39 Å². The van der Waals surface area contributed by atoms with Gasteiger partial charge in [-0.15, -0.1) is 0 Å². The van der Waals surface area contributed by atoms with Gasteiger partial charge in [-0.25, -0.2) is 4.39 Å². The Kier molecular flexibility index (Phi) is 8.37. The summed E-state index contributed by atoms with van der Waals surface area (Å²) < 4.78 is 35.1. The van der Waals surface area contributed by atoms with Gasteiger partial charge in [0.05, 0.1) is 30.9 Å². The number of carbonyl (C=O) groups excluding carboxylic acids is 2. The maximum atomic E-state index is 16.3. The quantitative estimate of drug-likeness (QED) is 0.231. The number of rotatable bonds is 9. The number of para-hydroxylation sites is 3. The number of methoxy groups -OCH3 is 2. The van der Waals surface area contributed by atoms with Crippen molar-refractivity contribution in [3.05, 3.63) is 112 Å². The molecule has 1 N–H and O–H groups in total. The van der Waals surface area contributed by atoms with Crippen molar-refractivity contribution in [1.29, 1.82) is 0 Å². The largest absolute Gasteiger partial charge is 0.493 e. The van der Waals surface area contributed by atoms with Crippen molar-refractivity contribution in [2.24, 2.45) is 0 Å². The molecule has 2 amide bonds. The molecular weight excluding hydrogens is 629 g/mol. The second kappa shape index (κ2) is 12.9. The first-order valence-electron chi connectivity index (χ1n) is 15.9. The zero-order valence-electron chi connectivity index (χ0n) is 27.2. The highest BCUT2D eigenvalue weighted by atomic mass is 19.1. The van der Waals surface area contributed by atoms with Crippen LogP contribution in [0.1, 0.15) is 32.8 Å². The summed E-state index contributed by atoms with van der Waals surface area (Å²) in [5.74, 6) is -0.108. The first-order valence-corrected chi connectivity index (χ1v) is 15.9. The molecule has 1 unspecified atom stereocenters. The average molecular weight is 664 g/mol. The second-order valence-corrected chi connectivity index (χ2v) is 12.0. The van der Waals surface area contributed by atoms with Crippen LogP contribution < -0.4 is 29.9 Å². The summed E-state index contributed by atoms with van der Waals surface area (Å²) in [7, 11) is 4.60. The molecule has 2 aliphatic rings. The first-order chi connectivity index (χ1) is 23.8. The second-order valence-electron chi connectivity index (χ2n) is 12.0. The molecule has 49 heavy (non-hydrogen) atoms. The highest BCUT2D eigenvalue weighted by Crippen LogP contribution is 2.47. The monoisotopic (exact) mass is 663 g/mol. The van der Waals surface area contributed by atoms with Crippen molar-refractivity contribution < 1.29 is 28.2 Å². The van der Waals surface area contributed by atoms with Gasteiger partial charge in [0.15, 0.2) is 28.8 Å². The van der Waals surface area contributed by atoms with Gasteiger partial charge >= 0.3 is 0 Å². The van der Waals surface area contributed by atoms with Crippen LogP contribution in [0.3, 0.4) is 0 Å². The number of pyridine rings is 2. The molecule has 4 heterocycles. The Hall–Kier alpha value is -5.91. The number of hydrogen-bond acceptors (Lipinski definition) is 8. The summed E-state index contributed by atoms with van der Waals surface area (Å²) in [6.45, 7) is 1.05. The summed E-state index contributed by atoms with van der Waals surface area (Å²) in [4.78, 5) is 48.5. The average Bonchev–Trinajstić information content (AvgIpc) is 3.58. The number of anilines is 1. The third kappa shape index (κ3) is 5.68. The van der Waals surface area contributed by atoms with Crippen LogP contribution in [0.15, 0.2) is 83.9 Å². The molecule has 12 heteroatoms. The van der Waals surface area contributed by atoms with Crippen LogP contribution in [0.5, 0.6) is 23.0 Å². The van der Waals surface area contributed by atoms with E-state index in [9.17, 15) is 14.4 Å². The summed E-state index contributed by atoms with van der Waals surface area (Å²) in [5.41, 5.74) is 1.63. The van der Waals surface area contributed by atoms with E-state index in [1.54, 1.807) is 48.1 Å². The van der Waals surface area contributed by atoms with Crippen LogP contribution in [-0.4, -0.2) is 73.2 Å². The fourth-order valence-corrected chi connectivity index (χ4v) is 6.55. The lowest BCUT2D eigenvalue weighted by atomic mass is 10.1. The number of nitrogens with one attached hydrogen (secondary N) is 1. The molecule has 0 bridgehead atoms. The maximum absolute atomic E-state index is 16.3. The Morgan fingerprint density at radius 3 is 2.65 bits per heavy atom. The molecule has 1 saturated heterocycles. The molecule has 2 aliphatic heterocycles. The van der Waals surface area contributed by atoms with Crippen LogP contribution in [0, 0.1) is 5.82 Å². The maximum Gasteiger partial charge on any atom is 0.259 e. The van der Waals surface area contributed by atoms with Crippen molar-refractivity contribution in [2.75, 3.05) is 45.8 Å². The van der Waals surface area contributed by atoms with E-state index in [0.29, 0.717) is 66.5 Å². The highest BCUT2D eigenvalue weighted by Gasteiger charge is 2.34. The lowest BCUT2D eigenvalue weighted by Crippen LogP contribution is -2.37. The van der Waals surface area contributed by atoms with Crippen LogP contribution >= 0.6 is 0 Å². The number of ether oxygens (including phenoxy) is 3. The molecular formula is C37H34FN5O6. The summed E-state index contributed by atoms with van der Waals surface area (Å²) in [5, 5.41) is 3.07. The van der Waals surface area contributed by atoms with E-state index < -0.39 is 17.2 Å². The Labute approximate surface area is 281 Å². The Morgan fingerprint density at radius 2 is 1.88 bits per heavy atom. The van der Waals surface area contributed by atoms with Gasteiger partial charge in [-0.1, -0.05) is 24.3 Å². The van der Waals surface area contributed by atoms with Crippen molar-refractivity contribution in [3.63, 3.8) is 0 Å². The number of fused-ring (bicyclic) bond motifs is 2. The summed E-state index contributed by atoms with van der Waals surface area (Å²) in [6, 6.07) is 18.7. The number of carbonyl (C=O) groups is 2. The molecule has 11 nitrogen and oxygen atoms in total. The van der Waals surface area contributed by atoms with Gasteiger partial charge < -0.3 is 33.9 Å². The fourth-order valence-electron chi connectivity index (χ4n) is 6.55. The number of halogens is 1. The topological polar surface area (TPSA) is 115 Å². The van der Waals surface area contributed by atoms with Gasteiger partial charge in [-0.3, -0.25) is 19.4 Å². The molecule has 250 valence electrons. The predicted octanol–water partition coefficient (Wildman–Crippen LogP) is 4.97. The van der Waals surface area contributed by atoms with E-state index in [4.69, 9.17) is 14.2 Å².